The van der Waals surface area contributed by atoms with Gasteiger partial charge in [0, 0.05) is 5.92 Å². The second kappa shape index (κ2) is 9.65. The average Bonchev–Trinajstić information content (AvgIpc) is 3.01. The van der Waals surface area contributed by atoms with E-state index in [1.807, 2.05) is 6.92 Å². The third-order valence-electron chi connectivity index (χ3n) is 4.68. The molecule has 2 rings (SSSR count). The maximum atomic E-state index is 11.1. The van der Waals surface area contributed by atoms with Crippen molar-refractivity contribution in [3.8, 4) is 0 Å². The first-order chi connectivity index (χ1) is 11.2. The summed E-state index contributed by atoms with van der Waals surface area (Å²) >= 11 is 0. The highest BCUT2D eigenvalue weighted by atomic mass is 16.5. The van der Waals surface area contributed by atoms with Gasteiger partial charge in [0.25, 0.3) is 0 Å². The van der Waals surface area contributed by atoms with Gasteiger partial charge in [-0.25, -0.2) is 0 Å². The van der Waals surface area contributed by atoms with Crippen LogP contribution < -0.4 is 5.32 Å². The van der Waals surface area contributed by atoms with E-state index in [0.717, 1.165) is 25.3 Å². The minimum Gasteiger partial charge on any atom is -0.481 e. The SMILES string of the molecule is CCNCc1noc([C@H](CCCC2CCCCC2)CC(=O)O)n1. The van der Waals surface area contributed by atoms with Gasteiger partial charge in [0.05, 0.1) is 13.0 Å². The lowest BCUT2D eigenvalue weighted by molar-refractivity contribution is -0.137. The Morgan fingerprint density at radius 1 is 1.39 bits per heavy atom. The Hall–Kier alpha value is -1.43. The summed E-state index contributed by atoms with van der Waals surface area (Å²) in [6.45, 7) is 3.41. The summed E-state index contributed by atoms with van der Waals surface area (Å²) in [6, 6.07) is 0. The topological polar surface area (TPSA) is 88.2 Å². The normalized spacial score (nSPS) is 17.3. The van der Waals surface area contributed by atoms with E-state index < -0.39 is 5.97 Å². The van der Waals surface area contributed by atoms with Crippen LogP contribution in [0, 0.1) is 5.92 Å². The van der Waals surface area contributed by atoms with Crippen LogP contribution in [0.2, 0.25) is 0 Å². The van der Waals surface area contributed by atoms with Gasteiger partial charge in [-0.05, 0) is 18.9 Å². The van der Waals surface area contributed by atoms with Crippen LogP contribution in [0.5, 0.6) is 0 Å². The molecular weight excluding hydrogens is 294 g/mol. The van der Waals surface area contributed by atoms with E-state index in [1.165, 1.54) is 38.5 Å². The van der Waals surface area contributed by atoms with E-state index in [4.69, 9.17) is 9.63 Å². The van der Waals surface area contributed by atoms with Gasteiger partial charge >= 0.3 is 5.97 Å². The minimum atomic E-state index is -0.806. The van der Waals surface area contributed by atoms with Crippen molar-refractivity contribution >= 4 is 5.97 Å². The fourth-order valence-electron chi connectivity index (χ4n) is 3.39. The molecule has 1 saturated carbocycles. The Morgan fingerprint density at radius 3 is 2.87 bits per heavy atom. The number of hydrogen-bond donors (Lipinski definition) is 2. The second-order valence-electron chi connectivity index (χ2n) is 6.56. The summed E-state index contributed by atoms with van der Waals surface area (Å²) in [4.78, 5) is 15.5. The largest absolute Gasteiger partial charge is 0.481 e. The Labute approximate surface area is 138 Å². The number of nitrogens with one attached hydrogen (secondary N) is 1. The van der Waals surface area contributed by atoms with Crippen molar-refractivity contribution in [2.24, 2.45) is 5.92 Å². The van der Waals surface area contributed by atoms with Crippen LogP contribution >= 0.6 is 0 Å². The molecule has 23 heavy (non-hydrogen) atoms. The van der Waals surface area contributed by atoms with E-state index >= 15 is 0 Å². The minimum absolute atomic E-state index is 0.0630. The van der Waals surface area contributed by atoms with Crippen molar-refractivity contribution < 1.29 is 14.4 Å². The second-order valence-corrected chi connectivity index (χ2v) is 6.56. The summed E-state index contributed by atoms with van der Waals surface area (Å²) in [5, 5.41) is 16.2. The number of carboxylic acids is 1. The molecule has 1 aromatic heterocycles. The van der Waals surface area contributed by atoms with Crippen molar-refractivity contribution in [3.63, 3.8) is 0 Å². The first-order valence-corrected chi connectivity index (χ1v) is 8.94. The Morgan fingerprint density at radius 2 is 2.17 bits per heavy atom. The zero-order valence-electron chi connectivity index (χ0n) is 14.1. The van der Waals surface area contributed by atoms with E-state index in [9.17, 15) is 4.79 Å². The van der Waals surface area contributed by atoms with Crippen LogP contribution in [0.25, 0.3) is 0 Å². The van der Waals surface area contributed by atoms with Gasteiger partial charge in [0.15, 0.2) is 5.82 Å². The van der Waals surface area contributed by atoms with E-state index in [-0.39, 0.29) is 12.3 Å². The van der Waals surface area contributed by atoms with Crippen LogP contribution in [0.1, 0.15) is 82.3 Å². The highest BCUT2D eigenvalue weighted by molar-refractivity contribution is 5.67. The summed E-state index contributed by atoms with van der Waals surface area (Å²) in [5.41, 5.74) is 0. The van der Waals surface area contributed by atoms with Crippen molar-refractivity contribution in [2.75, 3.05) is 6.54 Å². The quantitative estimate of drug-likeness (QED) is 0.685. The Balaban J connectivity index is 1.85. The lowest BCUT2D eigenvalue weighted by Crippen LogP contribution is -2.13. The maximum Gasteiger partial charge on any atom is 0.304 e. The molecule has 0 bridgehead atoms. The van der Waals surface area contributed by atoms with Crippen LogP contribution in [-0.4, -0.2) is 27.8 Å². The van der Waals surface area contributed by atoms with E-state index in [2.05, 4.69) is 15.5 Å². The third kappa shape index (κ3) is 6.29. The molecular formula is C17H29N3O3. The van der Waals surface area contributed by atoms with Gasteiger partial charge in [0.1, 0.15) is 0 Å². The molecule has 0 unspecified atom stereocenters. The predicted octanol–water partition coefficient (Wildman–Crippen LogP) is 3.49. The summed E-state index contributed by atoms with van der Waals surface area (Å²) in [5.74, 6) is 0.924. The predicted molar refractivity (Wildman–Crippen MR) is 87.1 cm³/mol. The fraction of sp³-hybridized carbons (Fsp3) is 0.824. The third-order valence-corrected chi connectivity index (χ3v) is 4.68. The standard InChI is InChI=1S/C17H29N3O3/c1-2-18-12-15-19-17(23-20-15)14(11-16(21)22)10-6-9-13-7-4-3-5-8-13/h13-14,18H,2-12H2,1H3,(H,21,22)/t14-/m1/s1. The molecule has 0 amide bonds. The first kappa shape index (κ1) is 17.9. The van der Waals surface area contributed by atoms with Crippen LogP contribution in [0.3, 0.4) is 0 Å². The van der Waals surface area contributed by atoms with E-state index in [1.54, 1.807) is 0 Å². The Kier molecular flexibility index (Phi) is 7.52. The molecule has 0 saturated heterocycles. The molecule has 6 heteroatoms. The zero-order chi connectivity index (χ0) is 16.5. The van der Waals surface area contributed by atoms with Gasteiger partial charge < -0.3 is 14.9 Å². The molecule has 1 aromatic rings. The zero-order valence-corrected chi connectivity index (χ0v) is 14.1. The lowest BCUT2D eigenvalue weighted by atomic mass is 9.84. The molecule has 1 atom stereocenters. The number of nitrogens with zero attached hydrogens (tertiary/aromatic N) is 2. The maximum absolute atomic E-state index is 11.1. The van der Waals surface area contributed by atoms with Crippen molar-refractivity contribution in [3.05, 3.63) is 11.7 Å². The highest BCUT2D eigenvalue weighted by Gasteiger charge is 2.23. The van der Waals surface area contributed by atoms with Gasteiger partial charge in [-0.2, -0.15) is 4.98 Å². The highest BCUT2D eigenvalue weighted by Crippen LogP contribution is 2.31. The van der Waals surface area contributed by atoms with E-state index in [0.29, 0.717) is 18.3 Å². The number of carboxylic acid groups (broad SMARTS) is 1. The molecule has 1 heterocycles. The van der Waals surface area contributed by atoms with Crippen LogP contribution in [0.4, 0.5) is 0 Å². The smallest absolute Gasteiger partial charge is 0.304 e. The summed E-state index contributed by atoms with van der Waals surface area (Å²) < 4.78 is 5.30. The molecule has 0 spiro atoms. The summed E-state index contributed by atoms with van der Waals surface area (Å²) in [6.07, 6.45) is 9.82. The van der Waals surface area contributed by atoms with Gasteiger partial charge in [0.2, 0.25) is 5.89 Å². The number of aromatic nitrogens is 2. The molecule has 6 nitrogen and oxygen atoms in total. The molecule has 0 radical (unpaired) electrons. The molecule has 2 N–H and O–H groups in total. The summed E-state index contributed by atoms with van der Waals surface area (Å²) in [7, 11) is 0. The number of carbonyl (C=O) groups is 1. The van der Waals surface area contributed by atoms with Crippen LogP contribution in [0.15, 0.2) is 4.52 Å². The van der Waals surface area contributed by atoms with Crippen molar-refractivity contribution in [1.29, 1.82) is 0 Å². The number of hydrogen-bond acceptors (Lipinski definition) is 5. The monoisotopic (exact) mass is 323 g/mol. The number of aliphatic carboxylic acids is 1. The van der Waals surface area contributed by atoms with Crippen LogP contribution in [-0.2, 0) is 11.3 Å². The van der Waals surface area contributed by atoms with Gasteiger partial charge in [-0.1, -0.05) is 57.0 Å². The molecule has 1 aliphatic carbocycles. The lowest BCUT2D eigenvalue weighted by Gasteiger charge is -2.21. The van der Waals surface area contributed by atoms with Crippen molar-refractivity contribution in [2.45, 2.75) is 77.2 Å². The van der Waals surface area contributed by atoms with Crippen molar-refractivity contribution in [1.82, 2.24) is 15.5 Å². The Bertz CT molecular complexity index is 469. The fourth-order valence-corrected chi connectivity index (χ4v) is 3.39. The van der Waals surface area contributed by atoms with Gasteiger partial charge in [-0.15, -0.1) is 0 Å². The molecule has 0 aliphatic heterocycles. The first-order valence-electron chi connectivity index (χ1n) is 8.94. The molecule has 1 fully saturated rings. The molecule has 1 aliphatic rings. The average molecular weight is 323 g/mol. The number of rotatable bonds is 10. The molecule has 130 valence electrons. The van der Waals surface area contributed by atoms with Gasteiger partial charge in [-0.3, -0.25) is 4.79 Å². The molecule has 0 aromatic carbocycles.